The third-order valence-corrected chi connectivity index (χ3v) is 7.35. The van der Waals surface area contributed by atoms with Crippen molar-refractivity contribution in [3.63, 3.8) is 0 Å². The van der Waals surface area contributed by atoms with Crippen molar-refractivity contribution < 1.29 is 33.0 Å². The van der Waals surface area contributed by atoms with E-state index < -0.39 is 31.1 Å². The van der Waals surface area contributed by atoms with Gasteiger partial charge in [-0.05, 0) is 51.2 Å². The van der Waals surface area contributed by atoms with Crippen molar-refractivity contribution in [2.45, 2.75) is 70.9 Å². The van der Waals surface area contributed by atoms with Gasteiger partial charge in [0.1, 0.15) is 6.79 Å². The van der Waals surface area contributed by atoms with E-state index >= 15 is 0 Å². The first-order valence-corrected chi connectivity index (χ1v) is 13.4. The Morgan fingerprint density at radius 2 is 1.61 bits per heavy atom. The predicted octanol–water partition coefficient (Wildman–Crippen LogP) is 3.13. The molecule has 0 aromatic rings. The quantitative estimate of drug-likeness (QED) is 0.273. The molecule has 0 radical (unpaired) electrons. The third kappa shape index (κ3) is 4.29. The largest absolute Gasteiger partial charge is 0.468 e. The molecule has 0 aromatic heterocycles. The highest BCUT2D eigenvalue weighted by atomic mass is 28.4. The minimum atomic E-state index is -1.90. The van der Waals surface area contributed by atoms with Crippen molar-refractivity contribution in [1.82, 2.24) is 0 Å². The molecule has 2 rings (SSSR count). The van der Waals surface area contributed by atoms with Crippen LogP contribution in [0.15, 0.2) is 0 Å². The maximum Gasteiger partial charge on any atom is 0.323 e. The molecule has 2 saturated carbocycles. The second kappa shape index (κ2) is 8.81. The topological polar surface area (TPSA) is 80.3 Å². The van der Waals surface area contributed by atoms with E-state index in [1.165, 1.54) is 14.2 Å². The Hall–Kier alpha value is -0.963. The molecule has 162 valence electrons. The molecule has 0 aliphatic heterocycles. The predicted molar refractivity (Wildman–Crippen MR) is 106 cm³/mol. The molecule has 8 heteroatoms. The lowest BCUT2D eigenvalue weighted by molar-refractivity contribution is -0.216. The fourth-order valence-electron chi connectivity index (χ4n) is 5.44. The van der Waals surface area contributed by atoms with Crippen molar-refractivity contribution >= 4 is 20.3 Å². The van der Waals surface area contributed by atoms with Crippen molar-refractivity contribution in [3.8, 4) is 0 Å². The SMILES string of the molecule is COCO[C@@H]1CCC[C@@H]2C(C(=O)OC)(C(=O)OC)C[C@@H](O[Si](C)(C)C)C[C@]21C. The van der Waals surface area contributed by atoms with Crippen molar-refractivity contribution in [3.05, 3.63) is 0 Å². The lowest BCUT2D eigenvalue weighted by Crippen LogP contribution is -2.63. The highest BCUT2D eigenvalue weighted by Gasteiger charge is 2.66. The molecule has 0 bridgehead atoms. The van der Waals surface area contributed by atoms with Gasteiger partial charge in [0.2, 0.25) is 0 Å². The number of carbonyl (C=O) groups is 2. The summed E-state index contributed by atoms with van der Waals surface area (Å²) in [5, 5.41) is 0. The summed E-state index contributed by atoms with van der Waals surface area (Å²) in [4.78, 5) is 26.2. The molecule has 0 spiro atoms. The summed E-state index contributed by atoms with van der Waals surface area (Å²) in [6.45, 7) is 8.62. The van der Waals surface area contributed by atoms with Gasteiger partial charge in [0.05, 0.1) is 20.3 Å². The monoisotopic (exact) mass is 416 g/mol. The van der Waals surface area contributed by atoms with E-state index in [0.29, 0.717) is 0 Å². The van der Waals surface area contributed by atoms with E-state index in [2.05, 4.69) is 26.6 Å². The normalized spacial score (nSPS) is 32.3. The molecule has 28 heavy (non-hydrogen) atoms. The zero-order valence-electron chi connectivity index (χ0n) is 18.3. The molecule has 2 aliphatic carbocycles. The second-order valence-electron chi connectivity index (χ2n) is 9.27. The van der Waals surface area contributed by atoms with E-state index in [4.69, 9.17) is 23.4 Å². The summed E-state index contributed by atoms with van der Waals surface area (Å²) in [5.74, 6) is -1.31. The molecular formula is C20H36O7Si. The average Bonchev–Trinajstić information content (AvgIpc) is 2.62. The van der Waals surface area contributed by atoms with Gasteiger partial charge in [-0.25, -0.2) is 0 Å². The fraction of sp³-hybridized carbons (Fsp3) is 0.900. The Balaban J connectivity index is 2.55. The molecule has 0 N–H and O–H groups in total. The van der Waals surface area contributed by atoms with Gasteiger partial charge in [-0.3, -0.25) is 9.59 Å². The van der Waals surface area contributed by atoms with Gasteiger partial charge in [0.25, 0.3) is 0 Å². The Kier molecular flexibility index (Phi) is 7.34. The Morgan fingerprint density at radius 1 is 1.00 bits per heavy atom. The lowest BCUT2D eigenvalue weighted by Gasteiger charge is -2.58. The summed E-state index contributed by atoms with van der Waals surface area (Å²) < 4.78 is 27.9. The number of hydrogen-bond donors (Lipinski definition) is 0. The number of rotatable bonds is 7. The molecule has 0 saturated heterocycles. The smallest absolute Gasteiger partial charge is 0.323 e. The minimum absolute atomic E-state index is 0.132. The molecule has 2 aliphatic rings. The Bertz CT molecular complexity index is 557. The van der Waals surface area contributed by atoms with Crippen LogP contribution >= 0.6 is 0 Å². The maximum absolute atomic E-state index is 13.1. The van der Waals surface area contributed by atoms with Gasteiger partial charge in [-0.15, -0.1) is 0 Å². The number of esters is 2. The summed E-state index contributed by atoms with van der Waals surface area (Å²) >= 11 is 0. The number of carbonyl (C=O) groups excluding carboxylic acids is 2. The molecule has 0 unspecified atom stereocenters. The molecule has 0 aromatic carbocycles. The van der Waals surface area contributed by atoms with Crippen LogP contribution < -0.4 is 0 Å². The summed E-state index contributed by atoms with van der Waals surface area (Å²) in [7, 11) is 2.34. The van der Waals surface area contributed by atoms with Crippen molar-refractivity contribution in [1.29, 1.82) is 0 Å². The third-order valence-electron chi connectivity index (χ3n) is 6.31. The van der Waals surface area contributed by atoms with E-state index in [1.54, 1.807) is 7.11 Å². The van der Waals surface area contributed by atoms with E-state index in [9.17, 15) is 9.59 Å². The van der Waals surface area contributed by atoms with Gasteiger partial charge in [0, 0.05) is 18.6 Å². The second-order valence-corrected chi connectivity index (χ2v) is 13.7. The molecule has 4 atom stereocenters. The van der Waals surface area contributed by atoms with Crippen LogP contribution in [-0.2, 0) is 33.0 Å². The first-order valence-electron chi connectivity index (χ1n) is 10.0. The summed E-state index contributed by atoms with van der Waals surface area (Å²) in [6.07, 6.45) is 3.11. The molecular weight excluding hydrogens is 380 g/mol. The molecule has 0 heterocycles. The van der Waals surface area contributed by atoms with E-state index in [0.717, 1.165) is 25.7 Å². The summed E-state index contributed by atoms with van der Waals surface area (Å²) in [5.41, 5.74) is -1.81. The van der Waals surface area contributed by atoms with Crippen molar-refractivity contribution in [2.75, 3.05) is 28.1 Å². The zero-order chi connectivity index (χ0) is 21.2. The first-order chi connectivity index (χ1) is 13.0. The van der Waals surface area contributed by atoms with Gasteiger partial charge < -0.3 is 23.4 Å². The van der Waals surface area contributed by atoms with Gasteiger partial charge >= 0.3 is 11.9 Å². The number of methoxy groups -OCH3 is 3. The van der Waals surface area contributed by atoms with E-state index in [-0.39, 0.29) is 31.3 Å². The fourth-order valence-corrected chi connectivity index (χ4v) is 6.61. The van der Waals surface area contributed by atoms with Gasteiger partial charge in [-0.2, -0.15) is 0 Å². The highest BCUT2D eigenvalue weighted by molar-refractivity contribution is 6.69. The Morgan fingerprint density at radius 3 is 2.11 bits per heavy atom. The number of fused-ring (bicyclic) bond motifs is 1. The van der Waals surface area contributed by atoms with Crippen LogP contribution in [0.5, 0.6) is 0 Å². The molecule has 0 amide bonds. The van der Waals surface area contributed by atoms with Crippen LogP contribution in [0.3, 0.4) is 0 Å². The van der Waals surface area contributed by atoms with E-state index in [1.807, 2.05) is 0 Å². The number of hydrogen-bond acceptors (Lipinski definition) is 7. The summed E-state index contributed by atoms with van der Waals surface area (Å²) in [6, 6.07) is 0. The maximum atomic E-state index is 13.1. The molecule has 2 fully saturated rings. The first kappa shape index (κ1) is 23.3. The standard InChI is InChI=1S/C20H36O7Si/c1-19-11-14(27-28(5,6)7)12-20(17(21)24-3,18(22)25-4)15(19)9-8-10-16(19)26-13-23-2/h14-16H,8-13H2,1-7H3/t14-,15-,16+,19+/m0/s1. The average molecular weight is 417 g/mol. The van der Waals surface area contributed by atoms with Crippen LogP contribution in [0.4, 0.5) is 0 Å². The van der Waals surface area contributed by atoms with Crippen LogP contribution in [-0.4, -0.2) is 60.6 Å². The van der Waals surface area contributed by atoms with Crippen LogP contribution in [0.1, 0.15) is 39.0 Å². The lowest BCUT2D eigenvalue weighted by atomic mass is 9.49. The minimum Gasteiger partial charge on any atom is -0.468 e. The zero-order valence-corrected chi connectivity index (χ0v) is 19.3. The van der Waals surface area contributed by atoms with Crippen LogP contribution in [0.2, 0.25) is 19.6 Å². The Labute approximate surface area is 169 Å². The highest BCUT2D eigenvalue weighted by Crippen LogP contribution is 2.60. The van der Waals surface area contributed by atoms with Crippen LogP contribution in [0.25, 0.3) is 0 Å². The number of ether oxygens (including phenoxy) is 4. The van der Waals surface area contributed by atoms with Crippen molar-refractivity contribution in [2.24, 2.45) is 16.7 Å². The molecule has 7 nitrogen and oxygen atoms in total. The van der Waals surface area contributed by atoms with Gasteiger partial charge in [0.15, 0.2) is 13.7 Å². The van der Waals surface area contributed by atoms with Gasteiger partial charge in [-0.1, -0.05) is 13.3 Å². The van der Waals surface area contributed by atoms with Crippen LogP contribution in [0, 0.1) is 16.7 Å².